The van der Waals surface area contributed by atoms with E-state index in [1.807, 2.05) is 0 Å². The smallest absolute Gasteiger partial charge is 0.352 e. The molecule has 2 aliphatic rings. The molecule has 0 aliphatic carbocycles. The number of hydrogen-bond donors (Lipinski definition) is 2. The van der Waals surface area contributed by atoms with E-state index in [-0.39, 0.29) is 17.0 Å². The predicted octanol–water partition coefficient (Wildman–Crippen LogP) is -0.939. The van der Waals surface area contributed by atoms with Gasteiger partial charge in [0.1, 0.15) is 17.1 Å². The van der Waals surface area contributed by atoms with Crippen LogP contribution >= 0.6 is 23.5 Å². The fraction of sp³-hybridized carbons (Fsp3) is 0.500. The van der Waals surface area contributed by atoms with Gasteiger partial charge in [-0.05, 0) is 16.0 Å². The van der Waals surface area contributed by atoms with E-state index in [9.17, 15) is 19.5 Å². The highest BCUT2D eigenvalue weighted by Gasteiger charge is 2.53. The van der Waals surface area contributed by atoms with Crippen LogP contribution in [-0.2, 0) is 21.4 Å². The molecule has 2 N–H and O–H groups in total. The number of aryl methyl sites for hydroxylation is 1. The van der Waals surface area contributed by atoms with Crippen LogP contribution in [0.4, 0.5) is 0 Å². The van der Waals surface area contributed by atoms with E-state index in [4.69, 9.17) is 0 Å². The first kappa shape index (κ1) is 16.8. The molecule has 2 atom stereocenters. The van der Waals surface area contributed by atoms with Crippen molar-refractivity contribution in [3.05, 3.63) is 11.3 Å². The molecule has 1 saturated heterocycles. The zero-order chi connectivity index (χ0) is 17.4. The highest BCUT2D eigenvalue weighted by atomic mass is 32.2. The number of carboxylic acid groups (broad SMARTS) is 1. The standard InChI is InChI=1S/C12H14N6O4S2/c1-5(19)13-7-9(20)18-8(11(21)22)6(3-23-10(7)18)4-24-12-14-15-16-17(12)2/h7,10H,3-4H2,1-2H3,(H,13,19)(H,21,22)/t7-,10-/m1/s1. The lowest BCUT2D eigenvalue weighted by Gasteiger charge is -2.49. The van der Waals surface area contributed by atoms with E-state index in [1.165, 1.54) is 40.0 Å². The second-order valence-corrected chi connectivity index (χ2v) is 7.27. The molecule has 1 aromatic rings. The lowest BCUT2D eigenvalue weighted by Crippen LogP contribution is -2.70. The summed E-state index contributed by atoms with van der Waals surface area (Å²) >= 11 is 2.74. The summed E-state index contributed by atoms with van der Waals surface area (Å²) in [7, 11) is 1.69. The highest BCUT2D eigenvalue weighted by Crippen LogP contribution is 2.41. The van der Waals surface area contributed by atoms with Crippen molar-refractivity contribution in [2.24, 2.45) is 7.05 Å². The Balaban J connectivity index is 1.79. The summed E-state index contributed by atoms with van der Waals surface area (Å²) in [6.45, 7) is 1.33. The molecule has 10 nitrogen and oxygen atoms in total. The van der Waals surface area contributed by atoms with Crippen LogP contribution in [0.25, 0.3) is 0 Å². The van der Waals surface area contributed by atoms with Crippen LogP contribution in [-0.4, -0.2) is 70.9 Å². The van der Waals surface area contributed by atoms with Crippen molar-refractivity contribution < 1.29 is 19.5 Å². The second-order valence-electron chi connectivity index (χ2n) is 5.22. The largest absolute Gasteiger partial charge is 0.477 e. The summed E-state index contributed by atoms with van der Waals surface area (Å²) in [6.07, 6.45) is 0. The maximum atomic E-state index is 12.2. The molecular formula is C12H14N6O4S2. The Labute approximate surface area is 145 Å². The highest BCUT2D eigenvalue weighted by molar-refractivity contribution is 8.01. The van der Waals surface area contributed by atoms with Gasteiger partial charge in [0.05, 0.1) is 0 Å². The lowest BCUT2D eigenvalue weighted by atomic mass is 10.0. The number of carbonyl (C=O) groups is 3. The third kappa shape index (κ3) is 2.86. The van der Waals surface area contributed by atoms with Crippen molar-refractivity contribution in [3.8, 4) is 0 Å². The third-order valence-corrected chi connectivity index (χ3v) is 6.00. The summed E-state index contributed by atoms with van der Waals surface area (Å²) in [5.41, 5.74) is 0.624. The van der Waals surface area contributed by atoms with E-state index in [1.54, 1.807) is 7.05 Å². The van der Waals surface area contributed by atoms with Gasteiger partial charge in [-0.15, -0.1) is 16.9 Å². The maximum Gasteiger partial charge on any atom is 0.352 e. The van der Waals surface area contributed by atoms with Gasteiger partial charge in [-0.3, -0.25) is 14.5 Å². The van der Waals surface area contributed by atoms with Crippen LogP contribution < -0.4 is 5.32 Å². The number of hydrogen-bond acceptors (Lipinski definition) is 8. The summed E-state index contributed by atoms with van der Waals surface area (Å²) in [5, 5.41) is 23.4. The first-order chi connectivity index (χ1) is 11.4. The van der Waals surface area contributed by atoms with Crippen LogP contribution in [0.1, 0.15) is 6.92 Å². The first-order valence-corrected chi connectivity index (χ1v) is 8.96. The zero-order valence-electron chi connectivity index (χ0n) is 12.8. The monoisotopic (exact) mass is 370 g/mol. The predicted molar refractivity (Wildman–Crippen MR) is 84.9 cm³/mol. The number of aliphatic carboxylic acids is 1. The van der Waals surface area contributed by atoms with Crippen molar-refractivity contribution in [1.82, 2.24) is 30.4 Å². The van der Waals surface area contributed by atoms with E-state index < -0.39 is 17.9 Å². The number of carbonyl (C=O) groups excluding carboxylic acids is 2. The van der Waals surface area contributed by atoms with Gasteiger partial charge in [0.25, 0.3) is 5.91 Å². The topological polar surface area (TPSA) is 130 Å². The molecule has 0 radical (unpaired) electrons. The van der Waals surface area contributed by atoms with E-state index >= 15 is 0 Å². The normalized spacial score (nSPS) is 22.9. The van der Waals surface area contributed by atoms with Crippen molar-refractivity contribution >= 4 is 41.3 Å². The average molecular weight is 370 g/mol. The van der Waals surface area contributed by atoms with Gasteiger partial charge in [0, 0.05) is 25.5 Å². The van der Waals surface area contributed by atoms with E-state index in [0.717, 1.165) is 0 Å². The molecule has 3 rings (SSSR count). The molecule has 3 heterocycles. The van der Waals surface area contributed by atoms with Gasteiger partial charge in [0.15, 0.2) is 0 Å². The number of aromatic nitrogens is 4. The van der Waals surface area contributed by atoms with Crippen molar-refractivity contribution in [2.75, 3.05) is 11.5 Å². The molecular weight excluding hydrogens is 356 g/mol. The number of rotatable bonds is 5. The fourth-order valence-electron chi connectivity index (χ4n) is 2.51. The molecule has 0 bridgehead atoms. The van der Waals surface area contributed by atoms with Gasteiger partial charge >= 0.3 is 5.97 Å². The van der Waals surface area contributed by atoms with Crippen molar-refractivity contribution in [3.63, 3.8) is 0 Å². The second kappa shape index (κ2) is 6.43. The molecule has 24 heavy (non-hydrogen) atoms. The lowest BCUT2D eigenvalue weighted by molar-refractivity contribution is -0.150. The van der Waals surface area contributed by atoms with Gasteiger partial charge in [-0.1, -0.05) is 11.8 Å². The number of fused-ring (bicyclic) bond motifs is 1. The summed E-state index contributed by atoms with van der Waals surface area (Å²) in [4.78, 5) is 36.3. The fourth-order valence-corrected chi connectivity index (χ4v) is 4.84. The minimum absolute atomic E-state index is 0.00650. The molecule has 1 aromatic heterocycles. The van der Waals surface area contributed by atoms with Crippen molar-refractivity contribution in [2.45, 2.75) is 23.5 Å². The van der Waals surface area contributed by atoms with Crippen LogP contribution in [0.15, 0.2) is 16.4 Å². The Hall–Kier alpha value is -2.08. The number of tetrazole rings is 1. The van der Waals surface area contributed by atoms with E-state index in [0.29, 0.717) is 22.2 Å². The molecule has 2 amide bonds. The summed E-state index contributed by atoms with van der Waals surface area (Å²) in [6, 6.07) is -0.668. The molecule has 0 spiro atoms. The van der Waals surface area contributed by atoms with Gasteiger partial charge in [-0.25, -0.2) is 9.48 Å². The van der Waals surface area contributed by atoms with Crippen LogP contribution in [0.3, 0.4) is 0 Å². The number of thioether (sulfide) groups is 2. The Bertz CT molecular complexity index is 748. The molecule has 0 saturated carbocycles. The molecule has 1 fully saturated rings. The van der Waals surface area contributed by atoms with Gasteiger partial charge in [-0.2, -0.15) is 0 Å². The molecule has 0 aromatic carbocycles. The SMILES string of the molecule is CC(=O)N[C@@H]1C(=O)N2C(C(=O)O)=C(CSc3nnnn3C)CS[C@H]12. The van der Waals surface area contributed by atoms with Crippen LogP contribution in [0, 0.1) is 0 Å². The molecule has 2 aliphatic heterocycles. The Morgan fingerprint density at radius 1 is 1.50 bits per heavy atom. The first-order valence-electron chi connectivity index (χ1n) is 6.92. The average Bonchev–Trinajstić information content (AvgIpc) is 2.94. The number of carboxylic acids is 1. The minimum Gasteiger partial charge on any atom is -0.477 e. The maximum absolute atomic E-state index is 12.2. The number of nitrogens with zero attached hydrogens (tertiary/aromatic N) is 5. The third-order valence-electron chi connectivity index (χ3n) is 3.57. The van der Waals surface area contributed by atoms with Crippen molar-refractivity contribution in [1.29, 1.82) is 0 Å². The molecule has 128 valence electrons. The molecule has 0 unspecified atom stereocenters. The van der Waals surface area contributed by atoms with E-state index in [2.05, 4.69) is 20.8 Å². The van der Waals surface area contributed by atoms with Gasteiger partial charge < -0.3 is 10.4 Å². The Morgan fingerprint density at radius 2 is 2.25 bits per heavy atom. The summed E-state index contributed by atoms with van der Waals surface area (Å²) < 4.78 is 1.49. The van der Waals surface area contributed by atoms with Gasteiger partial charge in [0.2, 0.25) is 11.1 Å². The summed E-state index contributed by atoms with van der Waals surface area (Å²) in [5.74, 6) is -1.04. The number of β-lactam (4-membered cyclic amide) rings is 1. The zero-order valence-corrected chi connectivity index (χ0v) is 14.4. The number of amides is 2. The minimum atomic E-state index is -1.15. The van der Waals surface area contributed by atoms with Crippen LogP contribution in [0.5, 0.6) is 0 Å². The molecule has 12 heteroatoms. The Morgan fingerprint density at radius 3 is 2.83 bits per heavy atom. The van der Waals surface area contributed by atoms with Crippen LogP contribution in [0.2, 0.25) is 0 Å². The number of nitrogens with one attached hydrogen (secondary N) is 1. The quantitative estimate of drug-likeness (QED) is 0.498. The Kier molecular flexibility index (Phi) is 4.49.